The van der Waals surface area contributed by atoms with Gasteiger partial charge in [-0.15, -0.1) is 5.10 Å². The van der Waals surface area contributed by atoms with Crippen molar-refractivity contribution in [3.05, 3.63) is 83.5 Å². The Labute approximate surface area is 166 Å². The summed E-state index contributed by atoms with van der Waals surface area (Å²) in [6.45, 7) is 1.83. The number of pyridine rings is 1. The van der Waals surface area contributed by atoms with Crippen molar-refractivity contribution in [3.8, 4) is 17.1 Å². The molecule has 4 rings (SSSR count). The van der Waals surface area contributed by atoms with Gasteiger partial charge in [-0.2, -0.15) is 0 Å². The Balaban J connectivity index is 1.78. The Morgan fingerprint density at radius 3 is 2.68 bits per heavy atom. The molecule has 1 atom stereocenters. The second-order valence-corrected chi connectivity index (χ2v) is 6.48. The molecule has 0 fully saturated rings. The number of carbonyl (C=O) groups excluding carboxylic acids is 1. The highest BCUT2D eigenvalue weighted by Crippen LogP contribution is 2.27. The summed E-state index contributed by atoms with van der Waals surface area (Å²) in [6.07, 6.45) is 3.21. The van der Waals surface area contributed by atoms with Crippen LogP contribution in [-0.4, -0.2) is 25.9 Å². The molecule has 4 aromatic rings. The lowest BCUT2D eigenvalue weighted by molar-refractivity contribution is 0.0931. The molecule has 1 aromatic carbocycles. The van der Waals surface area contributed by atoms with Crippen LogP contribution in [0.4, 0.5) is 0 Å². The Bertz CT molecular complexity index is 1090. The minimum absolute atomic E-state index is 0.150. The molecule has 1 N–H and O–H groups in total. The van der Waals surface area contributed by atoms with Crippen molar-refractivity contribution in [1.82, 2.24) is 25.3 Å². The Kier molecular flexibility index (Phi) is 4.90. The van der Waals surface area contributed by atoms with E-state index >= 15 is 0 Å². The number of amides is 1. The molecule has 7 nitrogen and oxygen atoms in total. The average Bonchev–Trinajstić information content (AvgIpc) is 3.39. The van der Waals surface area contributed by atoms with Gasteiger partial charge in [0.2, 0.25) is 0 Å². The number of hydrogen-bond acceptors (Lipinski definition) is 5. The predicted molar refractivity (Wildman–Crippen MR) is 104 cm³/mol. The summed E-state index contributed by atoms with van der Waals surface area (Å²) in [5.74, 6) is 0.258. The molecule has 0 bridgehead atoms. The van der Waals surface area contributed by atoms with Crippen molar-refractivity contribution >= 4 is 17.5 Å². The maximum absolute atomic E-state index is 12.9. The van der Waals surface area contributed by atoms with E-state index in [9.17, 15) is 4.79 Å². The van der Waals surface area contributed by atoms with Gasteiger partial charge in [-0.25, -0.2) is 4.68 Å². The predicted octanol–water partition coefficient (Wildman–Crippen LogP) is 4.07. The van der Waals surface area contributed by atoms with E-state index in [1.807, 2.05) is 25.1 Å². The van der Waals surface area contributed by atoms with Crippen LogP contribution in [0.3, 0.4) is 0 Å². The highest BCUT2D eigenvalue weighted by atomic mass is 35.5. The molecule has 0 unspecified atom stereocenters. The normalized spacial score (nSPS) is 11.9. The second kappa shape index (κ2) is 7.66. The van der Waals surface area contributed by atoms with Crippen LogP contribution in [0.2, 0.25) is 5.02 Å². The van der Waals surface area contributed by atoms with Crippen LogP contribution in [0.5, 0.6) is 0 Å². The van der Waals surface area contributed by atoms with Crippen molar-refractivity contribution in [2.45, 2.75) is 13.0 Å². The molecule has 3 aromatic heterocycles. The monoisotopic (exact) mass is 393 g/mol. The van der Waals surface area contributed by atoms with Gasteiger partial charge < -0.3 is 9.73 Å². The Hall–Kier alpha value is -3.45. The number of rotatable bonds is 5. The fourth-order valence-electron chi connectivity index (χ4n) is 2.83. The largest absolute Gasteiger partial charge is 0.467 e. The van der Waals surface area contributed by atoms with Crippen molar-refractivity contribution in [1.29, 1.82) is 0 Å². The SMILES string of the molecule is C[C@@H](NC(=O)c1nnn(-c2ccccc2Cl)c1-c1ccccn1)c1ccco1. The number of nitrogens with one attached hydrogen (secondary N) is 1. The lowest BCUT2D eigenvalue weighted by Crippen LogP contribution is -2.27. The van der Waals surface area contributed by atoms with E-state index in [0.29, 0.717) is 27.9 Å². The van der Waals surface area contributed by atoms with Gasteiger partial charge in [0.25, 0.3) is 5.91 Å². The molecule has 28 heavy (non-hydrogen) atoms. The molecular weight excluding hydrogens is 378 g/mol. The van der Waals surface area contributed by atoms with Crippen LogP contribution in [0.15, 0.2) is 71.5 Å². The number of furan rings is 1. The van der Waals surface area contributed by atoms with Crippen LogP contribution in [-0.2, 0) is 0 Å². The zero-order valence-electron chi connectivity index (χ0n) is 14.9. The first kappa shape index (κ1) is 17.9. The fraction of sp³-hybridized carbons (Fsp3) is 0.100. The van der Waals surface area contributed by atoms with E-state index in [4.69, 9.17) is 16.0 Å². The zero-order valence-corrected chi connectivity index (χ0v) is 15.7. The molecule has 0 aliphatic rings. The van der Waals surface area contributed by atoms with E-state index in [-0.39, 0.29) is 17.6 Å². The summed E-state index contributed by atoms with van der Waals surface area (Å²) >= 11 is 6.34. The van der Waals surface area contributed by atoms with Gasteiger partial charge in [0.05, 0.1) is 28.7 Å². The quantitative estimate of drug-likeness (QED) is 0.552. The minimum atomic E-state index is -0.386. The van der Waals surface area contributed by atoms with Crippen molar-refractivity contribution < 1.29 is 9.21 Å². The summed E-state index contributed by atoms with van der Waals surface area (Å²) in [5, 5.41) is 11.7. The Morgan fingerprint density at radius 1 is 1.14 bits per heavy atom. The lowest BCUT2D eigenvalue weighted by Gasteiger charge is -2.12. The fourth-order valence-corrected chi connectivity index (χ4v) is 3.05. The molecule has 0 aliphatic heterocycles. The van der Waals surface area contributed by atoms with Gasteiger partial charge in [0.1, 0.15) is 11.5 Å². The van der Waals surface area contributed by atoms with Crippen molar-refractivity contribution in [2.24, 2.45) is 0 Å². The van der Waals surface area contributed by atoms with E-state index in [2.05, 4.69) is 20.6 Å². The second-order valence-electron chi connectivity index (χ2n) is 6.08. The van der Waals surface area contributed by atoms with Gasteiger partial charge in [0, 0.05) is 6.20 Å². The molecule has 0 saturated carbocycles. The van der Waals surface area contributed by atoms with Crippen LogP contribution < -0.4 is 5.32 Å². The van der Waals surface area contributed by atoms with Crippen LogP contribution in [0.25, 0.3) is 17.1 Å². The number of benzene rings is 1. The number of carbonyl (C=O) groups is 1. The average molecular weight is 394 g/mol. The van der Waals surface area contributed by atoms with Gasteiger partial charge in [-0.05, 0) is 43.3 Å². The third kappa shape index (κ3) is 3.39. The van der Waals surface area contributed by atoms with E-state index < -0.39 is 0 Å². The number of nitrogens with zero attached hydrogens (tertiary/aromatic N) is 4. The number of halogens is 1. The molecule has 0 radical (unpaired) electrons. The number of aromatic nitrogens is 4. The Morgan fingerprint density at radius 2 is 1.96 bits per heavy atom. The van der Waals surface area contributed by atoms with Crippen LogP contribution in [0.1, 0.15) is 29.2 Å². The van der Waals surface area contributed by atoms with E-state index in [0.717, 1.165) is 0 Å². The number of para-hydroxylation sites is 1. The third-order valence-corrected chi connectivity index (χ3v) is 4.51. The summed E-state index contributed by atoms with van der Waals surface area (Å²) < 4.78 is 6.88. The van der Waals surface area contributed by atoms with Gasteiger partial charge in [0.15, 0.2) is 5.69 Å². The molecule has 0 aliphatic carbocycles. The first-order valence-electron chi connectivity index (χ1n) is 8.61. The third-order valence-electron chi connectivity index (χ3n) is 4.19. The first-order chi connectivity index (χ1) is 13.6. The maximum Gasteiger partial charge on any atom is 0.274 e. The maximum atomic E-state index is 12.9. The van der Waals surface area contributed by atoms with Crippen molar-refractivity contribution in [2.75, 3.05) is 0 Å². The topological polar surface area (TPSA) is 85.8 Å². The standard InChI is InChI=1S/C20H16ClN5O2/c1-13(17-10-6-12-28-17)23-20(27)18-19(15-8-4-5-11-22-15)26(25-24-18)16-9-3-2-7-14(16)21/h2-13H,1H3,(H,23,27)/t13-/m1/s1. The van der Waals surface area contributed by atoms with Crippen molar-refractivity contribution in [3.63, 3.8) is 0 Å². The van der Waals surface area contributed by atoms with Gasteiger partial charge in [-0.1, -0.05) is 35.0 Å². The van der Waals surface area contributed by atoms with E-state index in [1.165, 1.54) is 4.68 Å². The molecule has 8 heteroatoms. The molecule has 3 heterocycles. The van der Waals surface area contributed by atoms with E-state index in [1.54, 1.807) is 48.9 Å². The van der Waals surface area contributed by atoms with Crippen LogP contribution >= 0.6 is 11.6 Å². The number of hydrogen-bond donors (Lipinski definition) is 1. The summed E-state index contributed by atoms with van der Waals surface area (Å²) in [4.78, 5) is 17.3. The van der Waals surface area contributed by atoms with Crippen LogP contribution in [0, 0.1) is 0 Å². The molecule has 140 valence electrons. The molecule has 1 amide bonds. The summed E-state index contributed by atoms with van der Waals surface area (Å²) in [7, 11) is 0. The highest BCUT2D eigenvalue weighted by molar-refractivity contribution is 6.32. The van der Waals surface area contributed by atoms with Gasteiger partial charge in [-0.3, -0.25) is 9.78 Å². The first-order valence-corrected chi connectivity index (χ1v) is 8.99. The highest BCUT2D eigenvalue weighted by Gasteiger charge is 2.25. The summed E-state index contributed by atoms with van der Waals surface area (Å²) in [6, 6.07) is 15.9. The lowest BCUT2D eigenvalue weighted by atomic mass is 10.2. The molecule has 0 saturated heterocycles. The van der Waals surface area contributed by atoms with Gasteiger partial charge >= 0.3 is 0 Å². The molecule has 0 spiro atoms. The smallest absolute Gasteiger partial charge is 0.274 e. The zero-order chi connectivity index (χ0) is 19.5. The summed E-state index contributed by atoms with van der Waals surface area (Å²) in [5.41, 5.74) is 1.77. The minimum Gasteiger partial charge on any atom is -0.467 e. The molecular formula is C20H16ClN5O2.